The molecule has 0 fully saturated rings. The third-order valence-corrected chi connectivity index (χ3v) is 3.00. The molecule has 0 aliphatic carbocycles. The topological polar surface area (TPSA) is 39.4 Å². The lowest BCUT2D eigenvalue weighted by Crippen LogP contribution is -1.95. The summed E-state index contributed by atoms with van der Waals surface area (Å²) in [4.78, 5) is 8.58. The van der Waals surface area contributed by atoms with Crippen molar-refractivity contribution >= 4 is 17.2 Å². The maximum absolute atomic E-state index is 6.12. The molecule has 1 aromatic carbocycles. The maximum Gasteiger partial charge on any atom is 0.209 e. The summed E-state index contributed by atoms with van der Waals surface area (Å²) in [5.74, 6) is 0.761. The first-order valence-corrected chi connectivity index (χ1v) is 5.80. The maximum atomic E-state index is 6.12. The molecular formula is C13H10ClN3O. The summed E-state index contributed by atoms with van der Waals surface area (Å²) >= 11 is 6.12. The summed E-state index contributed by atoms with van der Waals surface area (Å²) in [6.07, 6.45) is 3.46. The second kappa shape index (κ2) is 4.31. The van der Waals surface area contributed by atoms with Crippen molar-refractivity contribution in [2.45, 2.75) is 0 Å². The summed E-state index contributed by atoms with van der Waals surface area (Å²) < 4.78 is 7.05. The molecule has 0 N–H and O–H groups in total. The highest BCUT2D eigenvalue weighted by molar-refractivity contribution is 6.28. The second-order valence-electron chi connectivity index (χ2n) is 3.77. The molecule has 5 heteroatoms. The van der Waals surface area contributed by atoms with Crippen LogP contribution in [0.2, 0.25) is 5.28 Å². The average Bonchev–Trinajstić information content (AvgIpc) is 2.87. The first-order valence-electron chi connectivity index (χ1n) is 5.42. The van der Waals surface area contributed by atoms with E-state index in [0.717, 1.165) is 22.7 Å². The van der Waals surface area contributed by atoms with Gasteiger partial charge in [0, 0.05) is 24.0 Å². The van der Waals surface area contributed by atoms with E-state index in [1.807, 2.05) is 30.3 Å². The van der Waals surface area contributed by atoms with Gasteiger partial charge >= 0.3 is 0 Å². The molecule has 0 saturated carbocycles. The van der Waals surface area contributed by atoms with Gasteiger partial charge in [0.15, 0.2) is 0 Å². The minimum atomic E-state index is 0.380. The van der Waals surface area contributed by atoms with Gasteiger partial charge in [0.1, 0.15) is 11.4 Å². The molecule has 0 aliphatic rings. The van der Waals surface area contributed by atoms with Crippen LogP contribution in [0.1, 0.15) is 0 Å². The van der Waals surface area contributed by atoms with E-state index in [0.29, 0.717) is 5.28 Å². The number of imidazole rings is 1. The minimum absolute atomic E-state index is 0.380. The Morgan fingerprint density at radius 1 is 1.28 bits per heavy atom. The van der Waals surface area contributed by atoms with E-state index < -0.39 is 0 Å². The van der Waals surface area contributed by atoms with Crippen molar-refractivity contribution in [1.29, 1.82) is 0 Å². The molecule has 2 aromatic heterocycles. The zero-order valence-electron chi connectivity index (χ0n) is 9.67. The zero-order chi connectivity index (χ0) is 12.5. The second-order valence-corrected chi connectivity index (χ2v) is 4.10. The van der Waals surface area contributed by atoms with Gasteiger partial charge in [-0.25, -0.2) is 9.97 Å². The van der Waals surface area contributed by atoms with Crippen LogP contribution in [-0.2, 0) is 0 Å². The normalized spacial score (nSPS) is 10.8. The van der Waals surface area contributed by atoms with Crippen LogP contribution in [-0.4, -0.2) is 21.5 Å². The quantitative estimate of drug-likeness (QED) is 0.664. The Hall–Kier alpha value is -2.07. The van der Waals surface area contributed by atoms with E-state index in [2.05, 4.69) is 9.97 Å². The standard InChI is InChI=1S/C13H10ClN3O/c1-18-11-5-3-2-4-9(11)10-8-12-15-6-7-17(12)13(14)16-10/h2-8H,1H3. The lowest BCUT2D eigenvalue weighted by molar-refractivity contribution is 0.416. The summed E-state index contributed by atoms with van der Waals surface area (Å²) in [6.45, 7) is 0. The van der Waals surface area contributed by atoms with E-state index in [-0.39, 0.29) is 0 Å². The molecular weight excluding hydrogens is 250 g/mol. The molecule has 3 aromatic rings. The van der Waals surface area contributed by atoms with Gasteiger partial charge in [-0.2, -0.15) is 0 Å². The highest BCUT2D eigenvalue weighted by atomic mass is 35.5. The first kappa shape index (κ1) is 11.0. The SMILES string of the molecule is COc1ccccc1-c1cc2nccn2c(Cl)n1. The largest absolute Gasteiger partial charge is 0.496 e. The lowest BCUT2D eigenvalue weighted by Gasteiger charge is -2.08. The van der Waals surface area contributed by atoms with Crippen molar-refractivity contribution in [1.82, 2.24) is 14.4 Å². The van der Waals surface area contributed by atoms with Crippen LogP contribution >= 0.6 is 11.6 Å². The van der Waals surface area contributed by atoms with Crippen LogP contribution in [0.4, 0.5) is 0 Å². The van der Waals surface area contributed by atoms with Gasteiger partial charge in [-0.1, -0.05) is 12.1 Å². The van der Waals surface area contributed by atoms with E-state index in [9.17, 15) is 0 Å². The molecule has 0 bridgehead atoms. The number of methoxy groups -OCH3 is 1. The van der Waals surface area contributed by atoms with Crippen molar-refractivity contribution in [2.24, 2.45) is 0 Å². The number of ether oxygens (including phenoxy) is 1. The number of nitrogens with zero attached hydrogens (tertiary/aromatic N) is 3. The zero-order valence-corrected chi connectivity index (χ0v) is 10.4. The summed E-state index contributed by atoms with van der Waals surface area (Å²) in [6, 6.07) is 9.56. The minimum Gasteiger partial charge on any atom is -0.496 e. The Kier molecular flexibility index (Phi) is 2.64. The van der Waals surface area contributed by atoms with Crippen molar-refractivity contribution in [3.8, 4) is 17.0 Å². The average molecular weight is 260 g/mol. The number of aromatic nitrogens is 3. The van der Waals surface area contributed by atoms with E-state index in [1.165, 1.54) is 0 Å². The molecule has 3 rings (SSSR count). The number of para-hydroxylation sites is 1. The fraction of sp³-hybridized carbons (Fsp3) is 0.0769. The van der Waals surface area contributed by atoms with Crippen LogP contribution in [0.3, 0.4) is 0 Å². The Morgan fingerprint density at radius 3 is 2.94 bits per heavy atom. The number of fused-ring (bicyclic) bond motifs is 1. The van der Waals surface area contributed by atoms with Gasteiger partial charge in [0.25, 0.3) is 0 Å². The number of rotatable bonds is 2. The Balaban J connectivity index is 2.25. The third kappa shape index (κ3) is 1.71. The van der Waals surface area contributed by atoms with Crippen LogP contribution in [0.25, 0.3) is 16.9 Å². The van der Waals surface area contributed by atoms with Crippen LogP contribution < -0.4 is 4.74 Å². The van der Waals surface area contributed by atoms with Gasteiger partial charge in [0.2, 0.25) is 5.28 Å². The van der Waals surface area contributed by atoms with Gasteiger partial charge < -0.3 is 4.74 Å². The molecule has 2 heterocycles. The lowest BCUT2D eigenvalue weighted by atomic mass is 10.1. The number of hydrogen-bond acceptors (Lipinski definition) is 3. The molecule has 18 heavy (non-hydrogen) atoms. The van der Waals surface area contributed by atoms with Crippen LogP contribution in [0.15, 0.2) is 42.7 Å². The Labute approximate surface area is 109 Å². The fourth-order valence-electron chi connectivity index (χ4n) is 1.88. The van der Waals surface area contributed by atoms with Crippen molar-refractivity contribution in [3.05, 3.63) is 48.0 Å². The van der Waals surface area contributed by atoms with E-state index >= 15 is 0 Å². The van der Waals surface area contributed by atoms with Crippen LogP contribution in [0.5, 0.6) is 5.75 Å². The Bertz CT molecular complexity index is 708. The van der Waals surface area contributed by atoms with Crippen molar-refractivity contribution < 1.29 is 4.74 Å². The smallest absolute Gasteiger partial charge is 0.209 e. The molecule has 0 radical (unpaired) electrons. The molecule has 0 aliphatic heterocycles. The summed E-state index contributed by atoms with van der Waals surface area (Å²) in [5, 5.41) is 0.380. The molecule has 0 spiro atoms. The van der Waals surface area contributed by atoms with Gasteiger partial charge in [-0.15, -0.1) is 0 Å². The molecule has 0 saturated heterocycles. The predicted molar refractivity (Wildman–Crippen MR) is 70.0 cm³/mol. The molecule has 4 nitrogen and oxygen atoms in total. The Morgan fingerprint density at radius 2 is 2.11 bits per heavy atom. The first-order chi connectivity index (χ1) is 8.79. The summed E-state index contributed by atoms with van der Waals surface area (Å²) in [5.41, 5.74) is 2.40. The highest BCUT2D eigenvalue weighted by Crippen LogP contribution is 2.29. The number of hydrogen-bond donors (Lipinski definition) is 0. The number of halogens is 1. The van der Waals surface area contributed by atoms with Crippen molar-refractivity contribution in [3.63, 3.8) is 0 Å². The van der Waals surface area contributed by atoms with Gasteiger partial charge in [-0.05, 0) is 23.7 Å². The molecule has 0 atom stereocenters. The molecule has 0 amide bonds. The van der Waals surface area contributed by atoms with Gasteiger partial charge in [0.05, 0.1) is 12.8 Å². The van der Waals surface area contributed by atoms with E-state index in [4.69, 9.17) is 16.3 Å². The predicted octanol–water partition coefficient (Wildman–Crippen LogP) is 3.06. The molecule has 0 unspecified atom stereocenters. The highest BCUT2D eigenvalue weighted by Gasteiger charge is 2.10. The summed E-state index contributed by atoms with van der Waals surface area (Å²) in [7, 11) is 1.63. The van der Waals surface area contributed by atoms with Gasteiger partial charge in [-0.3, -0.25) is 4.40 Å². The van der Waals surface area contributed by atoms with Crippen LogP contribution in [0, 0.1) is 0 Å². The van der Waals surface area contributed by atoms with E-state index in [1.54, 1.807) is 23.9 Å². The van der Waals surface area contributed by atoms with Crippen molar-refractivity contribution in [2.75, 3.05) is 7.11 Å². The number of benzene rings is 1. The fourth-order valence-corrected chi connectivity index (χ4v) is 2.11. The monoisotopic (exact) mass is 259 g/mol. The third-order valence-electron chi connectivity index (χ3n) is 2.73. The molecule has 90 valence electrons.